The summed E-state index contributed by atoms with van der Waals surface area (Å²) in [4.78, 5) is 4.90. The molecule has 0 aliphatic heterocycles. The van der Waals surface area contributed by atoms with Crippen LogP contribution in [0.25, 0.3) is 71.8 Å². The van der Waals surface area contributed by atoms with Gasteiger partial charge in [0.15, 0.2) is 0 Å². The van der Waals surface area contributed by atoms with Crippen molar-refractivity contribution >= 4 is 32.7 Å². The van der Waals surface area contributed by atoms with Crippen LogP contribution in [-0.4, -0.2) is 9.55 Å². The van der Waals surface area contributed by atoms with Crippen molar-refractivity contribution in [2.75, 3.05) is 0 Å². The number of benzene rings is 6. The van der Waals surface area contributed by atoms with E-state index in [1.54, 1.807) is 0 Å². The predicted molar refractivity (Wildman–Crippen MR) is 197 cm³/mol. The summed E-state index contributed by atoms with van der Waals surface area (Å²) in [7, 11) is 0. The first-order valence-corrected chi connectivity index (χ1v) is 16.6. The minimum absolute atomic E-state index is 0.00958. The fraction of sp³-hybridized carbons (Fsp3) is 0.133. The summed E-state index contributed by atoms with van der Waals surface area (Å²) in [5.74, 6) is 0. The smallest absolute Gasteiger partial charge is 0.0802 e. The van der Waals surface area contributed by atoms with Crippen molar-refractivity contribution < 1.29 is 0 Å². The first-order valence-electron chi connectivity index (χ1n) is 16.6. The maximum absolute atomic E-state index is 4.90. The van der Waals surface area contributed by atoms with Gasteiger partial charge in [-0.15, -0.1) is 0 Å². The molecular formula is C45H34N2. The zero-order valence-electron chi connectivity index (χ0n) is 27.1. The first-order chi connectivity index (χ1) is 22.8. The monoisotopic (exact) mass is 602 g/mol. The van der Waals surface area contributed by atoms with Crippen molar-refractivity contribution in [3.05, 3.63) is 156 Å². The molecule has 0 saturated carbocycles. The van der Waals surface area contributed by atoms with Crippen LogP contribution < -0.4 is 0 Å². The molecule has 2 aliphatic carbocycles. The average molecular weight is 603 g/mol. The summed E-state index contributed by atoms with van der Waals surface area (Å²) in [6.45, 7) is 9.55. The fourth-order valence-electron chi connectivity index (χ4n) is 8.79. The van der Waals surface area contributed by atoms with E-state index in [0.717, 1.165) is 16.6 Å². The maximum atomic E-state index is 4.90. The molecule has 0 fully saturated rings. The van der Waals surface area contributed by atoms with E-state index in [2.05, 4.69) is 154 Å². The number of hydrogen-bond acceptors (Lipinski definition) is 1. The number of pyridine rings is 1. The highest BCUT2D eigenvalue weighted by Gasteiger charge is 2.41. The quantitative estimate of drug-likeness (QED) is 0.192. The van der Waals surface area contributed by atoms with Crippen molar-refractivity contribution in [2.24, 2.45) is 0 Å². The molecule has 0 bridgehead atoms. The van der Waals surface area contributed by atoms with Crippen LogP contribution >= 0.6 is 0 Å². The molecule has 8 aromatic rings. The van der Waals surface area contributed by atoms with Gasteiger partial charge in [0.2, 0.25) is 0 Å². The van der Waals surface area contributed by atoms with E-state index >= 15 is 0 Å². The van der Waals surface area contributed by atoms with E-state index in [4.69, 9.17) is 4.98 Å². The summed E-state index contributed by atoms with van der Waals surface area (Å²) < 4.78 is 2.38. The highest BCUT2D eigenvalue weighted by atomic mass is 15.0. The van der Waals surface area contributed by atoms with Crippen molar-refractivity contribution in [1.29, 1.82) is 0 Å². The third kappa shape index (κ3) is 3.48. The highest BCUT2D eigenvalue weighted by molar-refractivity contribution is 6.20. The lowest BCUT2D eigenvalue weighted by atomic mass is 9.77. The normalized spacial score (nSPS) is 15.1. The Morgan fingerprint density at radius 2 is 1.15 bits per heavy atom. The van der Waals surface area contributed by atoms with E-state index in [0.29, 0.717) is 0 Å². The van der Waals surface area contributed by atoms with Crippen molar-refractivity contribution in [2.45, 2.75) is 38.5 Å². The molecule has 0 saturated heterocycles. The van der Waals surface area contributed by atoms with Gasteiger partial charge in [-0.1, -0.05) is 107 Å². The van der Waals surface area contributed by atoms with E-state index in [9.17, 15) is 0 Å². The van der Waals surface area contributed by atoms with Crippen LogP contribution in [0.2, 0.25) is 0 Å². The molecule has 0 spiro atoms. The Hall–Kier alpha value is -5.47. The van der Waals surface area contributed by atoms with Crippen LogP contribution in [-0.2, 0) is 10.8 Å². The molecule has 2 heteroatoms. The summed E-state index contributed by atoms with van der Waals surface area (Å²) in [6, 6.07) is 47.4. The molecule has 0 N–H and O–H groups in total. The van der Waals surface area contributed by atoms with E-state index in [1.807, 2.05) is 12.3 Å². The number of fused-ring (bicyclic) bond motifs is 11. The Bertz CT molecular complexity index is 2620. The Morgan fingerprint density at radius 1 is 0.489 bits per heavy atom. The summed E-state index contributed by atoms with van der Waals surface area (Å²) >= 11 is 0. The Balaban J connectivity index is 1.17. The molecule has 2 heterocycles. The Kier molecular flexibility index (Phi) is 5.16. The lowest BCUT2D eigenvalue weighted by Gasteiger charge is -2.26. The highest BCUT2D eigenvalue weighted by Crippen LogP contribution is 2.56. The van der Waals surface area contributed by atoms with E-state index < -0.39 is 0 Å². The van der Waals surface area contributed by atoms with Gasteiger partial charge < -0.3 is 4.57 Å². The third-order valence-electron chi connectivity index (χ3n) is 11.2. The number of para-hydroxylation sites is 1. The van der Waals surface area contributed by atoms with Gasteiger partial charge in [-0.25, -0.2) is 0 Å². The molecule has 10 rings (SSSR count). The number of aromatic nitrogens is 2. The molecule has 2 aliphatic rings. The molecule has 0 unspecified atom stereocenters. The van der Waals surface area contributed by atoms with Crippen LogP contribution in [0, 0.1) is 0 Å². The van der Waals surface area contributed by atoms with Gasteiger partial charge in [0.05, 0.1) is 16.6 Å². The Morgan fingerprint density at radius 3 is 1.98 bits per heavy atom. The van der Waals surface area contributed by atoms with Gasteiger partial charge in [0.25, 0.3) is 0 Å². The van der Waals surface area contributed by atoms with Crippen molar-refractivity contribution in [1.82, 2.24) is 9.55 Å². The van der Waals surface area contributed by atoms with Crippen LogP contribution in [0.5, 0.6) is 0 Å². The molecule has 6 aromatic carbocycles. The number of hydrogen-bond donors (Lipinski definition) is 0. The van der Waals surface area contributed by atoms with Crippen LogP contribution in [0.1, 0.15) is 49.9 Å². The molecule has 2 nitrogen and oxygen atoms in total. The van der Waals surface area contributed by atoms with Gasteiger partial charge in [-0.2, -0.15) is 0 Å². The topological polar surface area (TPSA) is 17.8 Å². The second-order valence-corrected chi connectivity index (χ2v) is 14.4. The van der Waals surface area contributed by atoms with Gasteiger partial charge in [0.1, 0.15) is 0 Å². The van der Waals surface area contributed by atoms with E-state index in [-0.39, 0.29) is 10.8 Å². The van der Waals surface area contributed by atoms with Crippen LogP contribution in [0.4, 0.5) is 0 Å². The Labute approximate surface area is 275 Å². The fourth-order valence-corrected chi connectivity index (χ4v) is 8.79. The summed E-state index contributed by atoms with van der Waals surface area (Å²) in [6.07, 6.45) is 1.91. The predicted octanol–water partition coefficient (Wildman–Crippen LogP) is 11.6. The largest absolute Gasteiger partial charge is 0.309 e. The zero-order valence-corrected chi connectivity index (χ0v) is 27.1. The number of nitrogens with zero attached hydrogens (tertiary/aromatic N) is 2. The lowest BCUT2D eigenvalue weighted by Crippen LogP contribution is -2.18. The maximum Gasteiger partial charge on any atom is 0.0802 e. The molecule has 2 aromatic heterocycles. The minimum atomic E-state index is -0.103. The van der Waals surface area contributed by atoms with Crippen LogP contribution in [0.15, 0.2) is 134 Å². The summed E-state index contributed by atoms with van der Waals surface area (Å²) in [5.41, 5.74) is 18.1. The molecule has 0 radical (unpaired) electrons. The van der Waals surface area contributed by atoms with Crippen molar-refractivity contribution in [3.8, 4) is 39.1 Å². The van der Waals surface area contributed by atoms with Gasteiger partial charge in [-0.3, -0.25) is 4.98 Å². The summed E-state index contributed by atoms with van der Waals surface area (Å²) in [5, 5.41) is 3.59. The van der Waals surface area contributed by atoms with Gasteiger partial charge >= 0.3 is 0 Å². The molecule has 47 heavy (non-hydrogen) atoms. The van der Waals surface area contributed by atoms with E-state index in [1.165, 1.54) is 77.4 Å². The second kappa shape index (κ2) is 9.08. The second-order valence-electron chi connectivity index (χ2n) is 14.4. The molecule has 0 amide bonds. The molecular weight excluding hydrogens is 569 g/mol. The zero-order chi connectivity index (χ0) is 31.7. The van der Waals surface area contributed by atoms with Gasteiger partial charge in [-0.05, 0) is 104 Å². The first kappa shape index (κ1) is 26.7. The average Bonchev–Trinajstić information content (AvgIpc) is 3.64. The minimum Gasteiger partial charge on any atom is -0.309 e. The number of rotatable bonds is 2. The molecule has 0 atom stereocenters. The lowest BCUT2D eigenvalue weighted by molar-refractivity contribution is 0.639. The standard InChI is InChI=1S/C45H34N2/c1-44(2)36-15-9-8-14-31(36)33-25-34-32-19-16-29(24-37(32)45(3,4)39(34)26-38(33)44)28-18-20-40-35(23-28)42-41(47(40)30-12-6-5-7-13-30)21-17-27-11-10-22-46-43(27)42/h5-26H,1-4H3. The molecule has 224 valence electrons. The van der Waals surface area contributed by atoms with Gasteiger partial charge in [0, 0.05) is 38.9 Å². The van der Waals surface area contributed by atoms with Crippen molar-refractivity contribution in [3.63, 3.8) is 0 Å². The SMILES string of the molecule is CC1(C)c2ccccc2-c2cc3c(cc21)C(C)(C)c1cc(-c2ccc4c(c2)c2c5ncccc5ccc2n4-c2ccccc2)ccc1-3. The van der Waals surface area contributed by atoms with Crippen LogP contribution in [0.3, 0.4) is 0 Å². The third-order valence-corrected chi connectivity index (χ3v) is 11.2.